The summed E-state index contributed by atoms with van der Waals surface area (Å²) >= 11 is 0. The summed E-state index contributed by atoms with van der Waals surface area (Å²) in [5.74, 6) is -2.25. The SMILES string of the molecule is Cc1ccc(S(=O)(=O)NCCc2ccc(NC(=O)c3ccc(O)c4[nH]c(-c5ccc(F)cc5F)nc34)cc2)cc1. The van der Waals surface area contributed by atoms with Gasteiger partial charge in [-0.05, 0) is 67.4 Å². The molecule has 11 heteroatoms. The number of hydrogen-bond donors (Lipinski definition) is 4. The first-order chi connectivity index (χ1) is 19.1. The number of H-pyrrole nitrogens is 1. The molecule has 0 fully saturated rings. The number of phenolic OH excluding ortho intramolecular Hbond substituents is 1. The lowest BCUT2D eigenvalue weighted by molar-refractivity contribution is 0.102. The van der Waals surface area contributed by atoms with Crippen LogP contribution in [0.3, 0.4) is 0 Å². The van der Waals surface area contributed by atoms with Crippen molar-refractivity contribution in [2.75, 3.05) is 11.9 Å². The molecule has 0 atom stereocenters. The fourth-order valence-electron chi connectivity index (χ4n) is 4.15. The summed E-state index contributed by atoms with van der Waals surface area (Å²) < 4.78 is 55.1. The quantitative estimate of drug-likeness (QED) is 0.204. The zero-order chi connectivity index (χ0) is 28.4. The van der Waals surface area contributed by atoms with Crippen LogP contribution in [-0.2, 0) is 16.4 Å². The Labute approximate surface area is 228 Å². The van der Waals surface area contributed by atoms with Gasteiger partial charge in [-0.3, -0.25) is 4.79 Å². The number of carbonyl (C=O) groups is 1. The highest BCUT2D eigenvalue weighted by molar-refractivity contribution is 7.89. The first-order valence-electron chi connectivity index (χ1n) is 12.2. The van der Waals surface area contributed by atoms with Gasteiger partial charge in [0.25, 0.3) is 5.91 Å². The van der Waals surface area contributed by atoms with Gasteiger partial charge in [0.1, 0.15) is 34.2 Å². The molecule has 0 spiro atoms. The first kappa shape index (κ1) is 27.0. The van der Waals surface area contributed by atoms with Crippen LogP contribution in [-0.4, -0.2) is 35.9 Å². The van der Waals surface area contributed by atoms with Crippen LogP contribution in [0.1, 0.15) is 21.5 Å². The second-order valence-electron chi connectivity index (χ2n) is 9.18. The van der Waals surface area contributed by atoms with Gasteiger partial charge in [0, 0.05) is 18.3 Å². The lowest BCUT2D eigenvalue weighted by Crippen LogP contribution is -2.26. The second-order valence-corrected chi connectivity index (χ2v) is 10.9. The third kappa shape index (κ3) is 5.70. The zero-order valence-electron chi connectivity index (χ0n) is 21.2. The molecule has 0 aliphatic carbocycles. The van der Waals surface area contributed by atoms with E-state index in [0.29, 0.717) is 12.1 Å². The lowest BCUT2D eigenvalue weighted by atomic mass is 10.1. The molecule has 1 amide bonds. The summed E-state index contributed by atoms with van der Waals surface area (Å²) in [5.41, 5.74) is 2.68. The maximum Gasteiger partial charge on any atom is 0.257 e. The first-order valence-corrected chi connectivity index (χ1v) is 13.7. The Bertz CT molecular complexity index is 1820. The van der Waals surface area contributed by atoms with E-state index in [4.69, 9.17) is 0 Å². The number of aromatic amines is 1. The molecule has 0 aliphatic rings. The molecule has 0 unspecified atom stereocenters. The number of aryl methyl sites for hydroxylation is 1. The van der Waals surface area contributed by atoms with Gasteiger partial charge in [0.05, 0.1) is 16.0 Å². The third-order valence-electron chi connectivity index (χ3n) is 6.30. The molecule has 0 aliphatic heterocycles. The standard InChI is InChI=1S/C29H24F2N4O4S/c1-17-2-9-21(10-3-17)40(38,39)32-15-14-18-4-7-20(8-5-18)33-29(37)23-12-13-25(36)27-26(23)34-28(35-27)22-11-6-19(30)16-24(22)31/h2-13,16,32,36H,14-15H2,1H3,(H,33,37)(H,34,35). The van der Waals surface area contributed by atoms with Gasteiger partial charge in [-0.1, -0.05) is 29.8 Å². The normalized spacial score (nSPS) is 11.6. The number of nitrogens with zero attached hydrogens (tertiary/aromatic N) is 1. The van der Waals surface area contributed by atoms with E-state index < -0.39 is 27.6 Å². The molecule has 5 aromatic rings. The molecule has 4 N–H and O–H groups in total. The number of halogens is 2. The molecule has 1 aromatic heterocycles. The van der Waals surface area contributed by atoms with Crippen LogP contribution in [0.5, 0.6) is 5.75 Å². The monoisotopic (exact) mass is 562 g/mol. The number of fused-ring (bicyclic) bond motifs is 1. The average Bonchev–Trinajstić information content (AvgIpc) is 3.36. The summed E-state index contributed by atoms with van der Waals surface area (Å²) in [6.07, 6.45) is 0.438. The number of imidazole rings is 1. The van der Waals surface area contributed by atoms with Crippen LogP contribution in [0.4, 0.5) is 14.5 Å². The van der Waals surface area contributed by atoms with Crippen LogP contribution in [0.15, 0.2) is 83.8 Å². The van der Waals surface area contributed by atoms with Crippen molar-refractivity contribution < 1.29 is 27.1 Å². The van der Waals surface area contributed by atoms with Gasteiger partial charge < -0.3 is 15.4 Å². The number of hydrogen-bond acceptors (Lipinski definition) is 5. The van der Waals surface area contributed by atoms with Gasteiger partial charge in [-0.15, -0.1) is 0 Å². The Morgan fingerprint density at radius 3 is 2.40 bits per heavy atom. The van der Waals surface area contributed by atoms with Crippen LogP contribution in [0, 0.1) is 18.6 Å². The summed E-state index contributed by atoms with van der Waals surface area (Å²) in [4.78, 5) is 20.4. The highest BCUT2D eigenvalue weighted by Gasteiger charge is 2.19. The van der Waals surface area contributed by atoms with E-state index in [2.05, 4.69) is 20.0 Å². The van der Waals surface area contributed by atoms with Crippen LogP contribution in [0.25, 0.3) is 22.4 Å². The van der Waals surface area contributed by atoms with E-state index in [1.54, 1.807) is 48.5 Å². The molecule has 5 rings (SSSR count). The minimum Gasteiger partial charge on any atom is -0.506 e. The van der Waals surface area contributed by atoms with E-state index in [-0.39, 0.29) is 45.2 Å². The predicted octanol–water partition coefficient (Wildman–Crippen LogP) is 5.30. The van der Waals surface area contributed by atoms with Crippen LogP contribution >= 0.6 is 0 Å². The third-order valence-corrected chi connectivity index (χ3v) is 7.78. The molecule has 0 saturated heterocycles. The van der Waals surface area contributed by atoms with E-state index in [0.717, 1.165) is 23.3 Å². The maximum atomic E-state index is 14.3. The molecule has 204 valence electrons. The lowest BCUT2D eigenvalue weighted by Gasteiger charge is -2.09. The Morgan fingerprint density at radius 2 is 1.70 bits per heavy atom. The number of rotatable bonds is 8. The molecular weight excluding hydrogens is 538 g/mol. The smallest absolute Gasteiger partial charge is 0.257 e. The van der Waals surface area contributed by atoms with Crippen molar-refractivity contribution in [3.63, 3.8) is 0 Å². The van der Waals surface area contributed by atoms with Crippen molar-refractivity contribution in [2.45, 2.75) is 18.2 Å². The summed E-state index contributed by atoms with van der Waals surface area (Å²) in [7, 11) is -3.61. The predicted molar refractivity (Wildman–Crippen MR) is 148 cm³/mol. The van der Waals surface area contributed by atoms with Crippen LogP contribution < -0.4 is 10.0 Å². The summed E-state index contributed by atoms with van der Waals surface area (Å²) in [6.45, 7) is 2.08. The van der Waals surface area contributed by atoms with Crippen molar-refractivity contribution in [1.29, 1.82) is 0 Å². The molecular formula is C29H24F2N4O4S. The highest BCUT2D eigenvalue weighted by atomic mass is 32.2. The van der Waals surface area contributed by atoms with Crippen molar-refractivity contribution in [3.05, 3.63) is 107 Å². The maximum absolute atomic E-state index is 14.3. The minimum absolute atomic E-state index is 0.0138. The summed E-state index contributed by atoms with van der Waals surface area (Å²) in [5, 5.41) is 13.0. The average molecular weight is 563 g/mol. The Kier molecular flexibility index (Phi) is 7.33. The number of amides is 1. The molecule has 4 aromatic carbocycles. The molecule has 0 bridgehead atoms. The second kappa shape index (κ2) is 10.9. The number of benzene rings is 4. The Balaban J connectivity index is 1.27. The topological polar surface area (TPSA) is 124 Å². The van der Waals surface area contributed by atoms with Gasteiger partial charge in [-0.2, -0.15) is 0 Å². The molecule has 0 saturated carbocycles. The number of carbonyl (C=O) groups excluding carboxylic acids is 1. The van der Waals surface area contributed by atoms with Crippen molar-refractivity contribution in [2.24, 2.45) is 0 Å². The van der Waals surface area contributed by atoms with E-state index in [1.807, 2.05) is 6.92 Å². The molecule has 40 heavy (non-hydrogen) atoms. The number of sulfonamides is 1. The number of aromatic hydroxyl groups is 1. The fourth-order valence-corrected chi connectivity index (χ4v) is 5.19. The Hall–Kier alpha value is -4.61. The van der Waals surface area contributed by atoms with Crippen molar-refractivity contribution in [3.8, 4) is 17.1 Å². The number of anilines is 1. The number of nitrogens with one attached hydrogen (secondary N) is 3. The fraction of sp³-hybridized carbons (Fsp3) is 0.103. The number of aromatic nitrogens is 2. The van der Waals surface area contributed by atoms with Gasteiger partial charge in [0.15, 0.2) is 0 Å². The number of phenols is 1. The van der Waals surface area contributed by atoms with Crippen molar-refractivity contribution >= 4 is 32.7 Å². The van der Waals surface area contributed by atoms with Crippen LogP contribution in [0.2, 0.25) is 0 Å². The van der Waals surface area contributed by atoms with E-state index in [1.165, 1.54) is 18.2 Å². The molecule has 1 heterocycles. The summed E-state index contributed by atoms with van der Waals surface area (Å²) in [6, 6.07) is 19.2. The van der Waals surface area contributed by atoms with Gasteiger partial charge in [-0.25, -0.2) is 26.9 Å². The zero-order valence-corrected chi connectivity index (χ0v) is 22.0. The van der Waals surface area contributed by atoms with E-state index in [9.17, 15) is 27.1 Å². The van der Waals surface area contributed by atoms with Gasteiger partial charge in [0.2, 0.25) is 10.0 Å². The molecule has 0 radical (unpaired) electrons. The van der Waals surface area contributed by atoms with E-state index >= 15 is 0 Å². The highest BCUT2D eigenvalue weighted by Crippen LogP contribution is 2.31. The molecule has 8 nitrogen and oxygen atoms in total. The van der Waals surface area contributed by atoms with Gasteiger partial charge >= 0.3 is 0 Å². The Morgan fingerprint density at radius 1 is 0.975 bits per heavy atom. The minimum atomic E-state index is -3.61. The van der Waals surface area contributed by atoms with Crippen molar-refractivity contribution in [1.82, 2.24) is 14.7 Å². The largest absolute Gasteiger partial charge is 0.506 e.